The smallest absolute Gasteiger partial charge is 0.253 e. The van der Waals surface area contributed by atoms with Gasteiger partial charge in [0.25, 0.3) is 5.91 Å². The third kappa shape index (κ3) is 4.49. The van der Waals surface area contributed by atoms with Crippen molar-refractivity contribution < 1.29 is 14.3 Å². The van der Waals surface area contributed by atoms with Gasteiger partial charge in [-0.05, 0) is 31.9 Å². The van der Waals surface area contributed by atoms with Crippen LogP contribution in [-0.2, 0) is 14.3 Å². The normalized spacial score (nSPS) is 19.2. The van der Waals surface area contributed by atoms with E-state index in [2.05, 4.69) is 5.32 Å². The van der Waals surface area contributed by atoms with Crippen LogP contribution in [0.3, 0.4) is 0 Å². The molecular weight excluding hydrogens is 288 g/mol. The maximum absolute atomic E-state index is 12.1. The highest BCUT2D eigenvalue weighted by Crippen LogP contribution is 2.16. The second kappa shape index (κ2) is 7.49. The summed E-state index contributed by atoms with van der Waals surface area (Å²) in [4.78, 5) is 12.4. The molecule has 21 heavy (non-hydrogen) atoms. The fourth-order valence-electron chi connectivity index (χ4n) is 2.14. The van der Waals surface area contributed by atoms with Crippen molar-refractivity contribution in [1.29, 1.82) is 0 Å². The largest absolute Gasteiger partial charge is 0.389 e. The Morgan fingerprint density at radius 3 is 3.00 bits per heavy atom. The van der Waals surface area contributed by atoms with Gasteiger partial charge in [-0.3, -0.25) is 4.79 Å². The molecule has 0 aromatic heterocycles. The molecule has 0 spiro atoms. The van der Waals surface area contributed by atoms with Gasteiger partial charge in [-0.15, -0.1) is 0 Å². The molecular formula is C15H20N2O3S. The lowest BCUT2D eigenvalue weighted by Gasteiger charge is -2.17. The first-order valence-electron chi connectivity index (χ1n) is 7.01. The Bertz CT molecular complexity index is 515. The van der Waals surface area contributed by atoms with E-state index in [9.17, 15) is 4.79 Å². The van der Waals surface area contributed by atoms with Gasteiger partial charge in [-0.2, -0.15) is 0 Å². The molecule has 114 valence electrons. The van der Waals surface area contributed by atoms with Crippen LogP contribution < -0.4 is 11.1 Å². The van der Waals surface area contributed by atoms with Crippen molar-refractivity contribution in [3.8, 4) is 0 Å². The molecule has 2 atom stereocenters. The molecule has 3 N–H and O–H groups in total. The van der Waals surface area contributed by atoms with Crippen molar-refractivity contribution in [2.45, 2.75) is 32.0 Å². The molecule has 1 amide bonds. The number of benzene rings is 1. The number of nitrogens with two attached hydrogens (primary N) is 1. The number of hydrogen-bond donors (Lipinski definition) is 2. The van der Waals surface area contributed by atoms with E-state index in [1.54, 1.807) is 19.1 Å². The first kappa shape index (κ1) is 15.9. The molecule has 6 heteroatoms. The van der Waals surface area contributed by atoms with Gasteiger partial charge < -0.3 is 20.5 Å². The Morgan fingerprint density at radius 1 is 1.57 bits per heavy atom. The van der Waals surface area contributed by atoms with Gasteiger partial charge in [0.15, 0.2) is 0 Å². The Labute approximate surface area is 129 Å². The molecule has 1 fully saturated rings. The quantitative estimate of drug-likeness (QED) is 0.785. The van der Waals surface area contributed by atoms with Gasteiger partial charge in [0.1, 0.15) is 11.1 Å². The van der Waals surface area contributed by atoms with E-state index in [0.717, 1.165) is 19.4 Å². The van der Waals surface area contributed by atoms with E-state index in [-0.39, 0.29) is 17.0 Å². The SMILES string of the molecule is CC(OCC1CCCO1)C(=O)Nc1ccccc1C(N)=S. The Hall–Kier alpha value is -1.50. The van der Waals surface area contributed by atoms with Gasteiger partial charge in [0.05, 0.1) is 18.4 Å². The topological polar surface area (TPSA) is 73.6 Å². The number of para-hydroxylation sites is 1. The highest BCUT2D eigenvalue weighted by atomic mass is 32.1. The number of thiocarbonyl (C=S) groups is 1. The van der Waals surface area contributed by atoms with Crippen molar-refractivity contribution in [2.24, 2.45) is 5.73 Å². The summed E-state index contributed by atoms with van der Waals surface area (Å²) in [6.07, 6.45) is 1.58. The number of carbonyl (C=O) groups is 1. The Balaban J connectivity index is 1.89. The van der Waals surface area contributed by atoms with Gasteiger partial charge in [-0.25, -0.2) is 0 Å². The van der Waals surface area contributed by atoms with E-state index in [4.69, 9.17) is 27.4 Å². The van der Waals surface area contributed by atoms with Crippen LogP contribution in [0.15, 0.2) is 24.3 Å². The zero-order chi connectivity index (χ0) is 15.2. The number of nitrogens with one attached hydrogen (secondary N) is 1. The average molecular weight is 308 g/mol. The van der Waals surface area contributed by atoms with Gasteiger partial charge in [0.2, 0.25) is 0 Å². The highest BCUT2D eigenvalue weighted by Gasteiger charge is 2.20. The lowest BCUT2D eigenvalue weighted by molar-refractivity contribution is -0.128. The van der Waals surface area contributed by atoms with Crippen LogP contribution in [0.25, 0.3) is 0 Å². The first-order chi connectivity index (χ1) is 10.1. The molecule has 0 saturated carbocycles. The predicted molar refractivity (Wildman–Crippen MR) is 85.3 cm³/mol. The molecule has 2 rings (SSSR count). The van der Waals surface area contributed by atoms with E-state index < -0.39 is 6.10 Å². The minimum atomic E-state index is -0.561. The van der Waals surface area contributed by atoms with Crippen molar-refractivity contribution in [1.82, 2.24) is 0 Å². The van der Waals surface area contributed by atoms with Crippen LogP contribution in [0.4, 0.5) is 5.69 Å². The van der Waals surface area contributed by atoms with Crippen molar-refractivity contribution in [3.63, 3.8) is 0 Å². The molecule has 0 aliphatic carbocycles. The summed E-state index contributed by atoms with van der Waals surface area (Å²) in [5.74, 6) is -0.225. The summed E-state index contributed by atoms with van der Waals surface area (Å²) in [7, 11) is 0. The summed E-state index contributed by atoms with van der Waals surface area (Å²) in [5, 5.41) is 2.79. The monoisotopic (exact) mass is 308 g/mol. The minimum Gasteiger partial charge on any atom is -0.389 e. The lowest BCUT2D eigenvalue weighted by Crippen LogP contribution is -2.31. The minimum absolute atomic E-state index is 0.101. The second-order valence-electron chi connectivity index (χ2n) is 5.01. The van der Waals surface area contributed by atoms with E-state index in [1.807, 2.05) is 12.1 Å². The molecule has 1 aromatic rings. The number of anilines is 1. The summed E-state index contributed by atoms with van der Waals surface area (Å²) in [6.45, 7) is 2.93. The van der Waals surface area contributed by atoms with E-state index in [1.165, 1.54) is 0 Å². The molecule has 0 bridgehead atoms. The summed E-state index contributed by atoms with van der Waals surface area (Å²) in [5.41, 5.74) is 6.89. The molecule has 2 unspecified atom stereocenters. The molecule has 1 aliphatic rings. The molecule has 1 saturated heterocycles. The van der Waals surface area contributed by atoms with Crippen LogP contribution in [0.1, 0.15) is 25.3 Å². The number of ether oxygens (including phenoxy) is 2. The number of rotatable bonds is 6. The van der Waals surface area contributed by atoms with Gasteiger partial charge in [-0.1, -0.05) is 24.4 Å². The predicted octanol–water partition coefficient (Wildman–Crippen LogP) is 1.84. The van der Waals surface area contributed by atoms with Crippen LogP contribution >= 0.6 is 12.2 Å². The van der Waals surface area contributed by atoms with Crippen molar-refractivity contribution in [3.05, 3.63) is 29.8 Å². The molecule has 1 aromatic carbocycles. The van der Waals surface area contributed by atoms with Crippen molar-refractivity contribution in [2.75, 3.05) is 18.5 Å². The van der Waals surface area contributed by atoms with Gasteiger partial charge >= 0.3 is 0 Å². The van der Waals surface area contributed by atoms with Gasteiger partial charge in [0, 0.05) is 12.2 Å². The fourth-order valence-corrected chi connectivity index (χ4v) is 2.32. The first-order valence-corrected chi connectivity index (χ1v) is 7.41. The summed E-state index contributed by atoms with van der Waals surface area (Å²) in [6, 6.07) is 7.17. The number of amides is 1. The van der Waals surface area contributed by atoms with Crippen LogP contribution in [0, 0.1) is 0 Å². The van der Waals surface area contributed by atoms with Crippen LogP contribution in [-0.4, -0.2) is 36.3 Å². The maximum Gasteiger partial charge on any atom is 0.253 e. The van der Waals surface area contributed by atoms with Crippen LogP contribution in [0.5, 0.6) is 0 Å². The zero-order valence-corrected chi connectivity index (χ0v) is 12.8. The molecule has 5 nitrogen and oxygen atoms in total. The molecule has 1 aliphatic heterocycles. The third-order valence-corrected chi connectivity index (χ3v) is 3.60. The summed E-state index contributed by atoms with van der Waals surface area (Å²) >= 11 is 4.97. The Morgan fingerprint density at radius 2 is 2.33 bits per heavy atom. The molecule has 0 radical (unpaired) electrons. The van der Waals surface area contributed by atoms with E-state index in [0.29, 0.717) is 17.9 Å². The summed E-state index contributed by atoms with van der Waals surface area (Å²) < 4.78 is 11.0. The number of carbonyl (C=O) groups excluding carboxylic acids is 1. The average Bonchev–Trinajstić information content (AvgIpc) is 2.98. The zero-order valence-electron chi connectivity index (χ0n) is 12.0. The fraction of sp³-hybridized carbons (Fsp3) is 0.467. The van der Waals surface area contributed by atoms with E-state index >= 15 is 0 Å². The third-order valence-electron chi connectivity index (χ3n) is 3.38. The lowest BCUT2D eigenvalue weighted by atomic mass is 10.1. The Kier molecular flexibility index (Phi) is 5.67. The highest BCUT2D eigenvalue weighted by molar-refractivity contribution is 7.80. The standard InChI is InChI=1S/C15H20N2O3S/c1-10(20-9-11-5-4-8-19-11)15(18)17-13-7-3-2-6-12(13)14(16)21/h2-3,6-7,10-11H,4-5,8-9H2,1H3,(H2,16,21)(H,17,18). The van der Waals surface area contributed by atoms with Crippen molar-refractivity contribution >= 4 is 28.8 Å². The van der Waals surface area contributed by atoms with Crippen LogP contribution in [0.2, 0.25) is 0 Å². The molecule has 1 heterocycles. The second-order valence-corrected chi connectivity index (χ2v) is 5.45. The maximum atomic E-state index is 12.1. The number of hydrogen-bond acceptors (Lipinski definition) is 4.